The van der Waals surface area contributed by atoms with Crippen LogP contribution in [0.25, 0.3) is 0 Å². The lowest BCUT2D eigenvalue weighted by atomic mass is 9.95. The molecule has 1 atom stereocenters. The van der Waals surface area contributed by atoms with Crippen molar-refractivity contribution in [2.45, 2.75) is 44.8 Å². The van der Waals surface area contributed by atoms with E-state index in [2.05, 4.69) is 0 Å². The van der Waals surface area contributed by atoms with Crippen molar-refractivity contribution in [3.8, 4) is 0 Å². The molecule has 1 amide bonds. The van der Waals surface area contributed by atoms with Gasteiger partial charge in [0, 0.05) is 19.8 Å². The molecule has 1 saturated carbocycles. The van der Waals surface area contributed by atoms with E-state index in [1.165, 1.54) is 6.92 Å². The summed E-state index contributed by atoms with van der Waals surface area (Å²) >= 11 is 0. The van der Waals surface area contributed by atoms with Gasteiger partial charge in [0.1, 0.15) is 6.54 Å². The Morgan fingerprint density at radius 2 is 2.00 bits per heavy atom. The first kappa shape index (κ1) is 17.2. The van der Waals surface area contributed by atoms with Crippen LogP contribution in [0.5, 0.6) is 0 Å². The molecule has 1 fully saturated rings. The first-order valence-corrected chi connectivity index (χ1v) is 6.91. The van der Waals surface area contributed by atoms with E-state index in [9.17, 15) is 18.0 Å². The Bertz CT molecular complexity index is 328. The second kappa shape index (κ2) is 6.76. The summed E-state index contributed by atoms with van der Waals surface area (Å²) in [5.74, 6) is -0.619. The number of carbonyl (C=O) groups is 1. The number of nitrogens with two attached hydrogens (primary N) is 1. The van der Waals surface area contributed by atoms with E-state index in [1.807, 2.05) is 6.92 Å². The monoisotopic (exact) mass is 296 g/mol. The zero-order valence-electron chi connectivity index (χ0n) is 12.0. The van der Waals surface area contributed by atoms with Crippen LogP contribution in [0.2, 0.25) is 0 Å². The van der Waals surface area contributed by atoms with Crippen molar-refractivity contribution in [3.63, 3.8) is 0 Å². The second-order valence-electron chi connectivity index (χ2n) is 5.45. The third kappa shape index (κ3) is 5.28. The number of halogens is 3. The van der Waals surface area contributed by atoms with Crippen LogP contribution in [0.15, 0.2) is 0 Å². The number of ether oxygens (including phenoxy) is 1. The summed E-state index contributed by atoms with van der Waals surface area (Å²) in [6.45, 7) is 2.93. The summed E-state index contributed by atoms with van der Waals surface area (Å²) < 4.78 is 42.8. The van der Waals surface area contributed by atoms with Gasteiger partial charge in [-0.15, -0.1) is 0 Å². The lowest BCUT2D eigenvalue weighted by Gasteiger charge is -2.32. The van der Waals surface area contributed by atoms with E-state index in [0.717, 1.165) is 17.7 Å². The number of alkyl halides is 3. The van der Waals surface area contributed by atoms with Crippen molar-refractivity contribution in [1.29, 1.82) is 0 Å². The molecule has 20 heavy (non-hydrogen) atoms. The molecule has 0 aromatic heterocycles. The number of hydrogen-bond acceptors (Lipinski definition) is 3. The molecule has 7 heteroatoms. The predicted octanol–water partition coefficient (Wildman–Crippen LogP) is 1.93. The Kier molecular flexibility index (Phi) is 5.82. The van der Waals surface area contributed by atoms with Crippen molar-refractivity contribution in [1.82, 2.24) is 4.90 Å². The van der Waals surface area contributed by atoms with Gasteiger partial charge in [0.25, 0.3) is 0 Å². The minimum absolute atomic E-state index is 0.00220. The smallest absolute Gasteiger partial charge is 0.382 e. The summed E-state index contributed by atoms with van der Waals surface area (Å²) in [7, 11) is 0. The number of nitrogens with zero attached hydrogens (tertiary/aromatic N) is 1. The fraction of sp³-hybridized carbons (Fsp3) is 0.923. The first-order valence-electron chi connectivity index (χ1n) is 6.91. The van der Waals surface area contributed by atoms with E-state index < -0.39 is 24.2 Å². The van der Waals surface area contributed by atoms with Gasteiger partial charge < -0.3 is 15.4 Å². The minimum Gasteiger partial charge on any atom is -0.382 e. The van der Waals surface area contributed by atoms with E-state index in [0.29, 0.717) is 19.6 Å². The summed E-state index contributed by atoms with van der Waals surface area (Å²) in [5, 5.41) is 0. The Morgan fingerprint density at radius 1 is 1.40 bits per heavy atom. The van der Waals surface area contributed by atoms with E-state index in [4.69, 9.17) is 10.5 Å². The van der Waals surface area contributed by atoms with Crippen LogP contribution < -0.4 is 5.73 Å². The highest BCUT2D eigenvalue weighted by Crippen LogP contribution is 2.39. The van der Waals surface area contributed by atoms with Crippen molar-refractivity contribution >= 4 is 5.91 Å². The van der Waals surface area contributed by atoms with Crippen molar-refractivity contribution in [3.05, 3.63) is 0 Å². The molecule has 0 bridgehead atoms. The predicted molar refractivity (Wildman–Crippen MR) is 69.1 cm³/mol. The molecule has 2 N–H and O–H groups in total. The zero-order valence-corrected chi connectivity index (χ0v) is 12.0. The molecular weight excluding hydrogens is 273 g/mol. The third-order valence-corrected chi connectivity index (χ3v) is 3.46. The topological polar surface area (TPSA) is 55.6 Å². The maximum absolute atomic E-state index is 12.6. The van der Waals surface area contributed by atoms with Gasteiger partial charge in [0.05, 0.1) is 5.54 Å². The molecule has 0 spiro atoms. The average Bonchev–Trinajstić information content (AvgIpc) is 3.15. The second-order valence-corrected chi connectivity index (χ2v) is 5.45. The van der Waals surface area contributed by atoms with E-state index in [-0.39, 0.29) is 12.5 Å². The van der Waals surface area contributed by atoms with Crippen molar-refractivity contribution < 1.29 is 22.7 Å². The van der Waals surface area contributed by atoms with Crippen LogP contribution in [0, 0.1) is 5.92 Å². The SMILES string of the molecule is CCOCCCN(CC(F)(F)F)C(=O)C(C)(N)C1CC1. The quantitative estimate of drug-likeness (QED) is 0.696. The normalized spacial score (nSPS) is 18.7. The van der Waals surface area contributed by atoms with Crippen LogP contribution in [0.3, 0.4) is 0 Å². The fourth-order valence-electron chi connectivity index (χ4n) is 2.17. The standard InChI is InChI=1S/C13H23F3N2O2/c1-3-20-8-4-7-18(9-13(14,15)16)11(19)12(2,17)10-5-6-10/h10H,3-9,17H2,1-2H3. The molecule has 4 nitrogen and oxygen atoms in total. The van der Waals surface area contributed by atoms with Gasteiger partial charge in [-0.3, -0.25) is 4.79 Å². The maximum atomic E-state index is 12.6. The van der Waals surface area contributed by atoms with E-state index >= 15 is 0 Å². The molecule has 1 aliphatic rings. The highest BCUT2D eigenvalue weighted by molar-refractivity contribution is 5.86. The van der Waals surface area contributed by atoms with Crippen LogP contribution in [0.1, 0.15) is 33.1 Å². The van der Waals surface area contributed by atoms with Crippen LogP contribution in [-0.4, -0.2) is 48.8 Å². The largest absolute Gasteiger partial charge is 0.406 e. The Morgan fingerprint density at radius 3 is 2.45 bits per heavy atom. The molecule has 0 radical (unpaired) electrons. The number of amides is 1. The van der Waals surface area contributed by atoms with Gasteiger partial charge in [-0.05, 0) is 39.0 Å². The minimum atomic E-state index is -4.42. The average molecular weight is 296 g/mol. The number of rotatable bonds is 8. The molecule has 0 heterocycles. The highest BCUT2D eigenvalue weighted by Gasteiger charge is 2.47. The molecule has 1 aliphatic carbocycles. The van der Waals surface area contributed by atoms with Gasteiger partial charge in [0.15, 0.2) is 0 Å². The molecule has 1 rings (SSSR count). The molecule has 0 aliphatic heterocycles. The van der Waals surface area contributed by atoms with Crippen LogP contribution >= 0.6 is 0 Å². The van der Waals surface area contributed by atoms with Gasteiger partial charge in [-0.1, -0.05) is 0 Å². The summed E-state index contributed by atoms with van der Waals surface area (Å²) in [5.41, 5.74) is 4.73. The lowest BCUT2D eigenvalue weighted by molar-refractivity contribution is -0.165. The van der Waals surface area contributed by atoms with E-state index in [1.54, 1.807) is 0 Å². The molecule has 0 saturated heterocycles. The van der Waals surface area contributed by atoms with Gasteiger partial charge in [0.2, 0.25) is 5.91 Å². The molecular formula is C13H23F3N2O2. The lowest BCUT2D eigenvalue weighted by Crippen LogP contribution is -2.56. The maximum Gasteiger partial charge on any atom is 0.406 e. The first-order chi connectivity index (χ1) is 9.18. The third-order valence-electron chi connectivity index (χ3n) is 3.46. The molecule has 0 aromatic rings. The van der Waals surface area contributed by atoms with Gasteiger partial charge in [-0.2, -0.15) is 13.2 Å². The summed E-state index contributed by atoms with van der Waals surface area (Å²) in [4.78, 5) is 13.1. The molecule has 1 unspecified atom stereocenters. The van der Waals surface area contributed by atoms with Gasteiger partial charge >= 0.3 is 6.18 Å². The van der Waals surface area contributed by atoms with Crippen LogP contribution in [-0.2, 0) is 9.53 Å². The van der Waals surface area contributed by atoms with Crippen LogP contribution in [0.4, 0.5) is 13.2 Å². The fourth-order valence-corrected chi connectivity index (χ4v) is 2.17. The highest BCUT2D eigenvalue weighted by atomic mass is 19.4. The summed E-state index contributed by atoms with van der Waals surface area (Å²) in [6, 6.07) is 0. The molecule has 0 aromatic carbocycles. The molecule has 118 valence electrons. The van der Waals surface area contributed by atoms with Gasteiger partial charge in [-0.25, -0.2) is 0 Å². The van der Waals surface area contributed by atoms with Crippen molar-refractivity contribution in [2.24, 2.45) is 11.7 Å². The summed E-state index contributed by atoms with van der Waals surface area (Å²) in [6.07, 6.45) is -2.44. The zero-order chi connectivity index (χ0) is 15.4. The number of hydrogen-bond donors (Lipinski definition) is 1. The Hall–Kier alpha value is -0.820. The van der Waals surface area contributed by atoms with Crippen molar-refractivity contribution in [2.75, 3.05) is 26.3 Å². The Labute approximate surface area is 117 Å². The number of carbonyl (C=O) groups excluding carboxylic acids is 1. The Balaban J connectivity index is 2.62.